The van der Waals surface area contributed by atoms with Crippen LogP contribution < -0.4 is 10.1 Å². The van der Waals surface area contributed by atoms with E-state index < -0.39 is 0 Å². The van der Waals surface area contributed by atoms with Gasteiger partial charge in [0, 0.05) is 24.7 Å². The molecule has 0 spiro atoms. The predicted octanol–water partition coefficient (Wildman–Crippen LogP) is 2.80. The summed E-state index contributed by atoms with van der Waals surface area (Å²) in [6.45, 7) is 5.94. The molecule has 1 fully saturated rings. The first-order valence-electron chi connectivity index (χ1n) is 7.52. The van der Waals surface area contributed by atoms with Crippen LogP contribution in [0, 0.1) is 5.82 Å². The van der Waals surface area contributed by atoms with Gasteiger partial charge >= 0.3 is 0 Å². The summed E-state index contributed by atoms with van der Waals surface area (Å²) in [7, 11) is 1.51. The molecule has 1 heterocycles. The molecule has 0 aromatic heterocycles. The van der Waals surface area contributed by atoms with Crippen molar-refractivity contribution in [1.29, 1.82) is 0 Å². The number of nitrogens with zero attached hydrogens (tertiary/aromatic N) is 1. The zero-order valence-corrected chi connectivity index (χ0v) is 12.5. The van der Waals surface area contributed by atoms with E-state index in [9.17, 15) is 4.39 Å². The Morgan fingerprint density at radius 1 is 1.45 bits per heavy atom. The molecule has 1 saturated heterocycles. The van der Waals surface area contributed by atoms with Gasteiger partial charge in [-0.1, -0.05) is 19.1 Å². The highest BCUT2D eigenvalue weighted by molar-refractivity contribution is 5.31. The summed E-state index contributed by atoms with van der Waals surface area (Å²) in [5.74, 6) is 0.115. The van der Waals surface area contributed by atoms with Crippen LogP contribution in [-0.4, -0.2) is 37.7 Å². The largest absolute Gasteiger partial charge is 0.494 e. The second kappa shape index (κ2) is 7.60. The zero-order chi connectivity index (χ0) is 14.4. The first-order valence-corrected chi connectivity index (χ1v) is 7.52. The third-order valence-corrected chi connectivity index (χ3v) is 3.94. The third-order valence-electron chi connectivity index (χ3n) is 3.94. The third kappa shape index (κ3) is 3.70. The number of nitrogens with one attached hydrogen (secondary N) is 1. The minimum Gasteiger partial charge on any atom is -0.494 e. The maximum atomic E-state index is 14.2. The Morgan fingerprint density at radius 3 is 3.05 bits per heavy atom. The van der Waals surface area contributed by atoms with Crippen molar-refractivity contribution in [2.45, 2.75) is 38.8 Å². The molecule has 1 aromatic rings. The molecule has 1 aliphatic rings. The Morgan fingerprint density at radius 2 is 2.30 bits per heavy atom. The van der Waals surface area contributed by atoms with Crippen molar-refractivity contribution in [1.82, 2.24) is 10.2 Å². The van der Waals surface area contributed by atoms with Crippen LogP contribution in [0.25, 0.3) is 0 Å². The van der Waals surface area contributed by atoms with Crippen LogP contribution in [0.3, 0.4) is 0 Å². The molecule has 20 heavy (non-hydrogen) atoms. The van der Waals surface area contributed by atoms with Crippen LogP contribution in [0.2, 0.25) is 0 Å². The second-order valence-electron chi connectivity index (χ2n) is 5.40. The van der Waals surface area contributed by atoms with Gasteiger partial charge in [0.2, 0.25) is 0 Å². The van der Waals surface area contributed by atoms with Crippen molar-refractivity contribution < 1.29 is 9.13 Å². The average Bonchev–Trinajstić information content (AvgIpc) is 2.89. The first kappa shape index (κ1) is 15.3. The molecule has 3 nitrogen and oxygen atoms in total. The van der Waals surface area contributed by atoms with Crippen molar-refractivity contribution >= 4 is 0 Å². The summed E-state index contributed by atoms with van der Waals surface area (Å²) in [5, 5.41) is 3.47. The van der Waals surface area contributed by atoms with E-state index in [1.807, 2.05) is 12.1 Å². The molecule has 1 unspecified atom stereocenters. The number of likely N-dealkylation sites (tertiary alicyclic amines) is 1. The van der Waals surface area contributed by atoms with Gasteiger partial charge in [-0.3, -0.25) is 4.90 Å². The van der Waals surface area contributed by atoms with Crippen molar-refractivity contribution in [2.75, 3.05) is 26.7 Å². The molecule has 0 bridgehead atoms. The lowest BCUT2D eigenvalue weighted by Crippen LogP contribution is -2.37. The van der Waals surface area contributed by atoms with E-state index in [0.29, 0.717) is 18.3 Å². The maximum absolute atomic E-state index is 14.2. The van der Waals surface area contributed by atoms with Crippen molar-refractivity contribution in [3.8, 4) is 5.75 Å². The lowest BCUT2D eigenvalue weighted by atomic mass is 10.1. The van der Waals surface area contributed by atoms with Crippen molar-refractivity contribution in [3.05, 3.63) is 29.6 Å². The fourth-order valence-electron chi connectivity index (χ4n) is 2.83. The highest BCUT2D eigenvalue weighted by Crippen LogP contribution is 2.24. The Balaban J connectivity index is 1.98. The van der Waals surface area contributed by atoms with Gasteiger partial charge in [-0.15, -0.1) is 0 Å². The van der Waals surface area contributed by atoms with E-state index in [-0.39, 0.29) is 5.82 Å². The number of methoxy groups -OCH3 is 1. The molecule has 0 saturated carbocycles. The van der Waals surface area contributed by atoms with E-state index in [1.54, 1.807) is 6.07 Å². The summed E-state index contributed by atoms with van der Waals surface area (Å²) in [5.41, 5.74) is 0.728. The van der Waals surface area contributed by atoms with E-state index >= 15 is 0 Å². The molecule has 0 amide bonds. The normalized spacial score (nSPS) is 19.4. The molecule has 1 aliphatic heterocycles. The fraction of sp³-hybridized carbons (Fsp3) is 0.625. The lowest BCUT2D eigenvalue weighted by molar-refractivity contribution is 0.235. The van der Waals surface area contributed by atoms with Gasteiger partial charge in [0.1, 0.15) is 0 Å². The molecular weight excluding hydrogens is 255 g/mol. The number of rotatable bonds is 7. The van der Waals surface area contributed by atoms with Crippen molar-refractivity contribution in [3.63, 3.8) is 0 Å². The number of hydrogen-bond donors (Lipinski definition) is 1. The molecule has 4 heteroatoms. The summed E-state index contributed by atoms with van der Waals surface area (Å²) >= 11 is 0. The smallest absolute Gasteiger partial charge is 0.169 e. The Bertz CT molecular complexity index is 425. The van der Waals surface area contributed by atoms with Crippen molar-refractivity contribution in [2.24, 2.45) is 0 Å². The number of benzene rings is 1. The minimum absolute atomic E-state index is 0.220. The molecule has 2 rings (SSSR count). The second-order valence-corrected chi connectivity index (χ2v) is 5.40. The highest BCUT2D eigenvalue weighted by Gasteiger charge is 2.25. The highest BCUT2D eigenvalue weighted by atomic mass is 19.1. The minimum atomic E-state index is -0.220. The summed E-state index contributed by atoms with van der Waals surface area (Å²) in [6.07, 6.45) is 3.55. The zero-order valence-electron chi connectivity index (χ0n) is 12.5. The van der Waals surface area contributed by atoms with Gasteiger partial charge in [-0.25, -0.2) is 4.39 Å². The average molecular weight is 280 g/mol. The van der Waals surface area contributed by atoms with Gasteiger partial charge in [-0.05, 0) is 38.4 Å². The van der Waals surface area contributed by atoms with Gasteiger partial charge in [-0.2, -0.15) is 0 Å². The SMILES string of the molecule is CCCNCC1CCCN1Cc1cccc(OC)c1F. The molecule has 0 aliphatic carbocycles. The van der Waals surface area contributed by atoms with Gasteiger partial charge in [0.15, 0.2) is 11.6 Å². The van der Waals surface area contributed by atoms with Crippen LogP contribution in [0.5, 0.6) is 5.75 Å². The van der Waals surface area contributed by atoms with Crippen LogP contribution in [0.1, 0.15) is 31.7 Å². The van der Waals surface area contributed by atoms with E-state index in [1.165, 1.54) is 20.0 Å². The Labute approximate surface area is 121 Å². The monoisotopic (exact) mass is 280 g/mol. The van der Waals surface area contributed by atoms with Gasteiger partial charge in [0.25, 0.3) is 0 Å². The van der Waals surface area contributed by atoms with Crippen LogP contribution >= 0.6 is 0 Å². The molecule has 1 N–H and O–H groups in total. The summed E-state index contributed by atoms with van der Waals surface area (Å²) < 4.78 is 19.2. The summed E-state index contributed by atoms with van der Waals surface area (Å²) in [6, 6.07) is 5.90. The topological polar surface area (TPSA) is 24.5 Å². The Hall–Kier alpha value is -1.13. The predicted molar refractivity (Wildman–Crippen MR) is 79.5 cm³/mol. The maximum Gasteiger partial charge on any atom is 0.169 e. The van der Waals surface area contributed by atoms with Crippen LogP contribution in [0.15, 0.2) is 18.2 Å². The molecule has 1 atom stereocenters. The van der Waals surface area contributed by atoms with E-state index in [0.717, 1.165) is 31.6 Å². The molecule has 0 radical (unpaired) electrons. The number of hydrogen-bond acceptors (Lipinski definition) is 3. The van der Waals surface area contributed by atoms with Gasteiger partial charge in [0.05, 0.1) is 7.11 Å². The summed E-state index contributed by atoms with van der Waals surface area (Å²) in [4.78, 5) is 2.38. The number of halogens is 1. The molecular formula is C16H25FN2O. The van der Waals surface area contributed by atoms with E-state index in [2.05, 4.69) is 17.1 Å². The first-order chi connectivity index (χ1) is 9.76. The standard InChI is InChI=1S/C16H25FN2O/c1-3-9-18-11-14-7-5-10-19(14)12-13-6-4-8-15(20-2)16(13)17/h4,6,8,14,18H,3,5,7,9-12H2,1-2H3. The van der Waals surface area contributed by atoms with Gasteiger partial charge < -0.3 is 10.1 Å². The lowest BCUT2D eigenvalue weighted by Gasteiger charge is -2.25. The fourth-order valence-corrected chi connectivity index (χ4v) is 2.83. The molecule has 1 aromatic carbocycles. The molecule has 112 valence electrons. The van der Waals surface area contributed by atoms with E-state index in [4.69, 9.17) is 4.74 Å². The quantitative estimate of drug-likeness (QED) is 0.777. The van der Waals surface area contributed by atoms with Crippen LogP contribution in [0.4, 0.5) is 4.39 Å². The number of ether oxygens (including phenoxy) is 1. The van der Waals surface area contributed by atoms with Crippen LogP contribution in [-0.2, 0) is 6.54 Å². The Kier molecular flexibility index (Phi) is 5.80.